The second kappa shape index (κ2) is 3.55. The number of ether oxygens (including phenoxy) is 1. The van der Waals surface area contributed by atoms with Crippen LogP contribution >= 0.6 is 0 Å². The van der Waals surface area contributed by atoms with Crippen LogP contribution in [0.5, 0.6) is 0 Å². The van der Waals surface area contributed by atoms with E-state index in [1.165, 1.54) is 0 Å². The number of hydrogen-bond acceptors (Lipinski definition) is 3. The van der Waals surface area contributed by atoms with Crippen LogP contribution in [0.25, 0.3) is 0 Å². The van der Waals surface area contributed by atoms with Crippen molar-refractivity contribution >= 4 is 13.7 Å². The Labute approximate surface area is 83.4 Å². The molecule has 0 saturated heterocycles. The minimum absolute atomic E-state index is 0.218. The first-order chi connectivity index (χ1) is 6.79. The Bertz CT molecular complexity index is 422. The first-order valence-electron chi connectivity index (χ1n) is 4.51. The van der Waals surface area contributed by atoms with Gasteiger partial charge in [-0.05, 0) is 18.2 Å². The molecule has 1 aliphatic heterocycles. The molecule has 0 saturated carbocycles. The fourth-order valence-electron chi connectivity index (χ4n) is 1.35. The third-order valence-electron chi connectivity index (χ3n) is 2.04. The summed E-state index contributed by atoms with van der Waals surface area (Å²) in [5.41, 5.74) is 1.52. The molecule has 1 atom stereocenters. The van der Waals surface area contributed by atoms with E-state index >= 15 is 0 Å². The van der Waals surface area contributed by atoms with Gasteiger partial charge < -0.3 is 4.74 Å². The third-order valence-corrected chi connectivity index (χ3v) is 2.04. The maximum absolute atomic E-state index is 8.73. The summed E-state index contributed by atoms with van der Waals surface area (Å²) in [4.78, 5) is 4.32. The van der Waals surface area contributed by atoms with Gasteiger partial charge in [-0.2, -0.15) is 5.26 Å². The Morgan fingerprint density at radius 1 is 1.57 bits per heavy atom. The van der Waals surface area contributed by atoms with Gasteiger partial charge in [-0.25, -0.2) is 0 Å². The fourth-order valence-corrected chi connectivity index (χ4v) is 1.35. The van der Waals surface area contributed by atoms with Crippen LogP contribution in [-0.2, 0) is 4.74 Å². The zero-order valence-corrected chi connectivity index (χ0v) is 7.90. The highest BCUT2D eigenvalue weighted by Crippen LogP contribution is 2.11. The molecule has 0 aliphatic carbocycles. The van der Waals surface area contributed by atoms with E-state index in [1.807, 2.05) is 20.0 Å². The van der Waals surface area contributed by atoms with Crippen molar-refractivity contribution in [2.45, 2.75) is 5.94 Å². The first-order valence-corrected chi connectivity index (χ1v) is 4.51. The summed E-state index contributed by atoms with van der Waals surface area (Å²) >= 11 is 0. The summed E-state index contributed by atoms with van der Waals surface area (Å²) in [6.07, 6.45) is 0. The van der Waals surface area contributed by atoms with Gasteiger partial charge in [-0.1, -0.05) is 6.07 Å². The smallest absolute Gasteiger partial charge is 0.215 e. The van der Waals surface area contributed by atoms with Gasteiger partial charge in [0.25, 0.3) is 0 Å². The normalized spacial score (nSPS) is 19.6. The number of rotatable bonds is 1. The predicted octanol–water partition coefficient (Wildman–Crippen LogP) is 0.294. The van der Waals surface area contributed by atoms with Crippen LogP contribution < -0.4 is 0 Å². The van der Waals surface area contributed by atoms with Gasteiger partial charge in [0.2, 0.25) is 5.90 Å². The number of nitrogens with zero attached hydrogens (tertiary/aromatic N) is 2. The van der Waals surface area contributed by atoms with Crippen molar-refractivity contribution in [2.75, 3.05) is 6.61 Å². The van der Waals surface area contributed by atoms with E-state index in [-0.39, 0.29) is 5.94 Å². The van der Waals surface area contributed by atoms with Gasteiger partial charge >= 0.3 is 0 Å². The van der Waals surface area contributed by atoms with E-state index in [0.717, 1.165) is 5.56 Å². The first kappa shape index (κ1) is 8.83. The molecule has 0 radical (unpaired) electrons. The number of hydrogen-bond donors (Lipinski definition) is 0. The Hall–Kier alpha value is -1.76. The summed E-state index contributed by atoms with van der Waals surface area (Å²) in [5, 5.41) is 8.73. The van der Waals surface area contributed by atoms with Crippen molar-refractivity contribution in [3.8, 4) is 6.07 Å². The molecule has 14 heavy (non-hydrogen) atoms. The summed E-state index contributed by atoms with van der Waals surface area (Å²) in [6.45, 7) is 0.631. The largest absolute Gasteiger partial charge is 0.476 e. The lowest BCUT2D eigenvalue weighted by Gasteiger charge is -2.00. The molecule has 1 aliphatic rings. The molecule has 3 nitrogen and oxygen atoms in total. The zero-order chi connectivity index (χ0) is 9.97. The highest BCUT2D eigenvalue weighted by atomic mass is 16.5. The van der Waals surface area contributed by atoms with Gasteiger partial charge in [0.05, 0.1) is 17.6 Å². The second-order valence-corrected chi connectivity index (χ2v) is 3.29. The monoisotopic (exact) mass is 184 g/mol. The van der Waals surface area contributed by atoms with Gasteiger partial charge in [0.1, 0.15) is 14.5 Å². The maximum atomic E-state index is 8.73. The fraction of sp³-hybridized carbons (Fsp3) is 0.200. The van der Waals surface area contributed by atoms with Crippen molar-refractivity contribution in [3.63, 3.8) is 0 Å². The van der Waals surface area contributed by atoms with Gasteiger partial charge in [-0.15, -0.1) is 0 Å². The highest BCUT2D eigenvalue weighted by Gasteiger charge is 2.15. The number of aliphatic imine (C=N–C) groups is 1. The lowest BCUT2D eigenvalue weighted by molar-refractivity contribution is 0.340. The minimum Gasteiger partial charge on any atom is -0.476 e. The standard InChI is InChI=1S/C10H9BN2O/c11-9-6-14-10(13-9)8-3-1-2-7(4-8)5-12/h1-4,9H,6,11H2/t9-/m1/s1. The minimum atomic E-state index is 0.218. The van der Waals surface area contributed by atoms with Crippen LogP contribution in [0.1, 0.15) is 11.1 Å². The van der Waals surface area contributed by atoms with Crippen LogP contribution in [0.3, 0.4) is 0 Å². The molecule has 0 aromatic heterocycles. The maximum Gasteiger partial charge on any atom is 0.215 e. The topological polar surface area (TPSA) is 45.4 Å². The molecule has 0 amide bonds. The molecule has 1 aromatic carbocycles. The van der Waals surface area contributed by atoms with Gasteiger partial charge in [0.15, 0.2) is 0 Å². The Kier molecular flexibility index (Phi) is 2.24. The second-order valence-electron chi connectivity index (χ2n) is 3.29. The van der Waals surface area contributed by atoms with E-state index in [9.17, 15) is 0 Å². The highest BCUT2D eigenvalue weighted by molar-refractivity contribution is 6.14. The molecule has 0 N–H and O–H groups in total. The van der Waals surface area contributed by atoms with Crippen LogP contribution in [0.15, 0.2) is 29.3 Å². The van der Waals surface area contributed by atoms with Crippen molar-refractivity contribution in [1.29, 1.82) is 5.26 Å². The van der Waals surface area contributed by atoms with Crippen LogP contribution in [0.2, 0.25) is 0 Å². The molecular weight excluding hydrogens is 175 g/mol. The molecule has 0 fully saturated rings. The lowest BCUT2D eigenvalue weighted by atomic mass is 9.99. The SMILES string of the molecule is B[C@H]1COC(c2cccc(C#N)c2)=N1. The molecule has 0 spiro atoms. The number of benzene rings is 1. The van der Waals surface area contributed by atoms with Crippen LogP contribution in [-0.4, -0.2) is 26.3 Å². The Morgan fingerprint density at radius 3 is 3.07 bits per heavy atom. The average Bonchev–Trinajstić information content (AvgIpc) is 2.65. The quantitative estimate of drug-likeness (QED) is 0.589. The van der Waals surface area contributed by atoms with E-state index in [1.54, 1.807) is 12.1 Å². The molecule has 0 bridgehead atoms. The third kappa shape index (κ3) is 1.62. The zero-order valence-electron chi connectivity index (χ0n) is 7.90. The van der Waals surface area contributed by atoms with E-state index in [2.05, 4.69) is 11.1 Å². The van der Waals surface area contributed by atoms with Gasteiger partial charge in [0, 0.05) is 5.56 Å². The summed E-state index contributed by atoms with van der Waals surface area (Å²) in [7, 11) is 2.00. The molecule has 2 rings (SSSR count). The lowest BCUT2D eigenvalue weighted by Crippen LogP contribution is -2.04. The van der Waals surface area contributed by atoms with Crippen LogP contribution in [0, 0.1) is 11.3 Å². The average molecular weight is 184 g/mol. The number of nitriles is 1. The van der Waals surface area contributed by atoms with E-state index in [0.29, 0.717) is 18.1 Å². The van der Waals surface area contributed by atoms with E-state index in [4.69, 9.17) is 10.00 Å². The van der Waals surface area contributed by atoms with Crippen LogP contribution in [0.4, 0.5) is 0 Å². The van der Waals surface area contributed by atoms with Gasteiger partial charge in [-0.3, -0.25) is 4.99 Å². The molecule has 68 valence electrons. The summed E-state index contributed by atoms with van der Waals surface area (Å²) in [6, 6.07) is 9.38. The Balaban J connectivity index is 2.34. The Morgan fingerprint density at radius 2 is 2.43 bits per heavy atom. The van der Waals surface area contributed by atoms with Crippen molar-refractivity contribution in [2.24, 2.45) is 4.99 Å². The molecular formula is C10H9BN2O. The molecule has 0 unspecified atom stereocenters. The predicted molar refractivity (Wildman–Crippen MR) is 56.0 cm³/mol. The van der Waals surface area contributed by atoms with Crippen molar-refractivity contribution in [3.05, 3.63) is 35.4 Å². The molecule has 1 aromatic rings. The molecule has 4 heteroatoms. The summed E-state index contributed by atoms with van der Waals surface area (Å²) < 4.78 is 5.39. The van der Waals surface area contributed by atoms with E-state index < -0.39 is 0 Å². The van der Waals surface area contributed by atoms with Crippen molar-refractivity contribution < 1.29 is 4.74 Å². The molecule has 1 heterocycles. The summed E-state index contributed by atoms with van der Waals surface area (Å²) in [5.74, 6) is 0.866. The van der Waals surface area contributed by atoms with Crippen molar-refractivity contribution in [1.82, 2.24) is 0 Å².